The Morgan fingerprint density at radius 1 is 1.27 bits per heavy atom. The van der Waals surface area contributed by atoms with Crippen molar-refractivity contribution in [3.05, 3.63) is 87.6 Å². The van der Waals surface area contributed by atoms with Crippen LogP contribution in [0.2, 0.25) is 0 Å². The maximum Gasteiger partial charge on any atom is 0.332 e. The zero-order chi connectivity index (χ0) is 21.7. The normalized spacial score (nSPS) is 16.0. The van der Waals surface area contributed by atoms with Crippen LogP contribution in [0.25, 0.3) is 5.70 Å². The SMILES string of the molecule is CCOC(=O)/C=C(/C)N1NC(c2cccc([N+](=O)[O-])c2)=C[C@@H]1c1ccc(OC)cc1. The van der Waals surface area contributed by atoms with E-state index in [1.165, 1.54) is 18.2 Å². The molecule has 0 unspecified atom stereocenters. The number of esters is 1. The molecule has 1 atom stereocenters. The minimum Gasteiger partial charge on any atom is -0.497 e. The van der Waals surface area contributed by atoms with Gasteiger partial charge in [-0.05, 0) is 37.6 Å². The number of benzene rings is 2. The molecule has 0 saturated heterocycles. The maximum atomic E-state index is 11.9. The molecule has 0 spiro atoms. The number of carbonyl (C=O) groups is 1. The van der Waals surface area contributed by atoms with Crippen molar-refractivity contribution >= 4 is 17.4 Å². The van der Waals surface area contributed by atoms with Crippen LogP contribution in [0.5, 0.6) is 5.75 Å². The van der Waals surface area contributed by atoms with Gasteiger partial charge in [0.2, 0.25) is 0 Å². The molecule has 0 radical (unpaired) electrons. The molecule has 2 aromatic rings. The lowest BCUT2D eigenvalue weighted by atomic mass is 10.0. The number of hydrazine groups is 1. The monoisotopic (exact) mass is 409 g/mol. The Labute approximate surface area is 174 Å². The molecular formula is C22H23N3O5. The van der Waals surface area contributed by atoms with Crippen molar-refractivity contribution in [2.75, 3.05) is 13.7 Å². The van der Waals surface area contributed by atoms with Crippen LogP contribution < -0.4 is 10.2 Å². The molecule has 1 aliphatic rings. The van der Waals surface area contributed by atoms with E-state index in [0.29, 0.717) is 17.0 Å². The highest BCUT2D eigenvalue weighted by Gasteiger charge is 2.28. The van der Waals surface area contributed by atoms with Crippen LogP contribution in [0.15, 0.2) is 66.4 Å². The Morgan fingerprint density at radius 2 is 2.00 bits per heavy atom. The van der Waals surface area contributed by atoms with Crippen LogP contribution in [-0.2, 0) is 9.53 Å². The molecule has 3 rings (SSSR count). The summed E-state index contributed by atoms with van der Waals surface area (Å²) in [5.41, 5.74) is 6.25. The summed E-state index contributed by atoms with van der Waals surface area (Å²) in [6, 6.07) is 13.7. The largest absolute Gasteiger partial charge is 0.497 e. The van der Waals surface area contributed by atoms with Crippen molar-refractivity contribution in [2.45, 2.75) is 19.9 Å². The molecule has 0 bridgehead atoms. The zero-order valence-corrected chi connectivity index (χ0v) is 17.0. The summed E-state index contributed by atoms with van der Waals surface area (Å²) in [6.45, 7) is 3.83. The number of nitrogens with one attached hydrogen (secondary N) is 1. The van der Waals surface area contributed by atoms with E-state index in [1.54, 1.807) is 33.1 Å². The molecule has 1 heterocycles. The Kier molecular flexibility index (Phi) is 6.36. The lowest BCUT2D eigenvalue weighted by Gasteiger charge is -2.28. The molecule has 8 heteroatoms. The molecule has 0 saturated carbocycles. The number of methoxy groups -OCH3 is 1. The van der Waals surface area contributed by atoms with Crippen LogP contribution >= 0.6 is 0 Å². The Bertz CT molecular complexity index is 998. The number of rotatable bonds is 7. The topological polar surface area (TPSA) is 93.9 Å². The summed E-state index contributed by atoms with van der Waals surface area (Å²) in [6.07, 6.45) is 3.38. The van der Waals surface area contributed by atoms with Crippen LogP contribution in [0.3, 0.4) is 0 Å². The highest BCUT2D eigenvalue weighted by Crippen LogP contribution is 2.35. The summed E-state index contributed by atoms with van der Waals surface area (Å²) in [7, 11) is 1.60. The van der Waals surface area contributed by atoms with Gasteiger partial charge in [-0.1, -0.05) is 24.3 Å². The predicted octanol–water partition coefficient (Wildman–Crippen LogP) is 3.97. The van der Waals surface area contributed by atoms with Crippen molar-refractivity contribution in [2.24, 2.45) is 0 Å². The van der Waals surface area contributed by atoms with E-state index in [0.717, 1.165) is 11.3 Å². The number of nitro groups is 1. The number of carbonyl (C=O) groups excluding carboxylic acids is 1. The van der Waals surface area contributed by atoms with Crippen molar-refractivity contribution in [1.29, 1.82) is 0 Å². The first kappa shape index (κ1) is 20.9. The average Bonchev–Trinajstić information content (AvgIpc) is 3.20. The molecule has 156 valence electrons. The Morgan fingerprint density at radius 3 is 2.63 bits per heavy atom. The minimum atomic E-state index is -0.436. The van der Waals surface area contributed by atoms with Gasteiger partial charge in [0.05, 0.1) is 30.4 Å². The molecule has 0 amide bonds. The Balaban J connectivity index is 1.98. The van der Waals surface area contributed by atoms with Gasteiger partial charge < -0.3 is 9.47 Å². The molecular weight excluding hydrogens is 386 g/mol. The molecule has 0 aliphatic carbocycles. The molecule has 2 aromatic carbocycles. The van der Waals surface area contributed by atoms with E-state index in [4.69, 9.17) is 9.47 Å². The third-order valence-corrected chi connectivity index (χ3v) is 4.66. The van der Waals surface area contributed by atoms with Crippen molar-refractivity contribution < 1.29 is 19.2 Å². The summed E-state index contributed by atoms with van der Waals surface area (Å²) < 4.78 is 10.2. The van der Waals surface area contributed by atoms with E-state index in [1.807, 2.05) is 35.4 Å². The van der Waals surface area contributed by atoms with Crippen LogP contribution in [0, 0.1) is 10.1 Å². The summed E-state index contributed by atoms with van der Waals surface area (Å²) in [5.74, 6) is 0.298. The van der Waals surface area contributed by atoms with Gasteiger partial charge in [-0.25, -0.2) is 4.79 Å². The fraction of sp³-hybridized carbons (Fsp3) is 0.227. The van der Waals surface area contributed by atoms with Crippen LogP contribution in [0.4, 0.5) is 5.69 Å². The first-order valence-corrected chi connectivity index (χ1v) is 9.44. The van der Waals surface area contributed by atoms with Gasteiger partial charge in [-0.2, -0.15) is 0 Å². The van der Waals surface area contributed by atoms with E-state index < -0.39 is 10.9 Å². The van der Waals surface area contributed by atoms with Crippen molar-refractivity contribution in [3.63, 3.8) is 0 Å². The molecule has 8 nitrogen and oxygen atoms in total. The van der Waals surface area contributed by atoms with Gasteiger partial charge in [0.15, 0.2) is 0 Å². The molecule has 0 fully saturated rings. The molecule has 1 aliphatic heterocycles. The fourth-order valence-electron chi connectivity index (χ4n) is 3.19. The first-order valence-electron chi connectivity index (χ1n) is 9.44. The number of ether oxygens (including phenoxy) is 2. The fourth-order valence-corrected chi connectivity index (χ4v) is 3.19. The second-order valence-corrected chi connectivity index (χ2v) is 6.63. The first-order chi connectivity index (χ1) is 14.4. The number of non-ortho nitro benzene ring substituents is 1. The average molecular weight is 409 g/mol. The number of nitrogens with zero attached hydrogens (tertiary/aromatic N) is 2. The van der Waals surface area contributed by atoms with Crippen molar-refractivity contribution in [1.82, 2.24) is 10.4 Å². The maximum absolute atomic E-state index is 11.9. The van der Waals surface area contributed by atoms with E-state index >= 15 is 0 Å². The highest BCUT2D eigenvalue weighted by atomic mass is 16.6. The highest BCUT2D eigenvalue weighted by molar-refractivity contribution is 5.82. The van der Waals surface area contributed by atoms with E-state index in [9.17, 15) is 14.9 Å². The van der Waals surface area contributed by atoms with E-state index in [-0.39, 0.29) is 18.3 Å². The van der Waals surface area contributed by atoms with Gasteiger partial charge in [-0.15, -0.1) is 0 Å². The molecule has 1 N–H and O–H groups in total. The molecule has 0 aromatic heterocycles. The summed E-state index contributed by atoms with van der Waals surface area (Å²) in [5, 5.41) is 13.0. The van der Waals surface area contributed by atoms with Gasteiger partial charge in [0.1, 0.15) is 5.75 Å². The zero-order valence-electron chi connectivity index (χ0n) is 17.0. The predicted molar refractivity (Wildman–Crippen MR) is 112 cm³/mol. The van der Waals surface area contributed by atoms with Crippen LogP contribution in [-0.4, -0.2) is 29.6 Å². The number of hydrogen-bond acceptors (Lipinski definition) is 7. The van der Waals surface area contributed by atoms with E-state index in [2.05, 4.69) is 5.43 Å². The second-order valence-electron chi connectivity index (χ2n) is 6.63. The quantitative estimate of drug-likeness (QED) is 0.320. The van der Waals surface area contributed by atoms with Crippen LogP contribution in [0.1, 0.15) is 31.0 Å². The lowest BCUT2D eigenvalue weighted by Crippen LogP contribution is -2.32. The number of nitro benzene ring substituents is 1. The van der Waals surface area contributed by atoms with Gasteiger partial charge in [-0.3, -0.25) is 20.5 Å². The Hall–Kier alpha value is -3.81. The smallest absolute Gasteiger partial charge is 0.332 e. The lowest BCUT2D eigenvalue weighted by molar-refractivity contribution is -0.384. The third-order valence-electron chi connectivity index (χ3n) is 4.66. The van der Waals surface area contributed by atoms with Crippen molar-refractivity contribution in [3.8, 4) is 5.75 Å². The number of hydrogen-bond donors (Lipinski definition) is 1. The number of allylic oxidation sites excluding steroid dienone is 1. The van der Waals surface area contributed by atoms with Gasteiger partial charge >= 0.3 is 5.97 Å². The van der Waals surface area contributed by atoms with Gasteiger partial charge in [0, 0.05) is 29.5 Å². The summed E-state index contributed by atoms with van der Waals surface area (Å²) in [4.78, 5) is 22.7. The molecule has 30 heavy (non-hydrogen) atoms. The summed E-state index contributed by atoms with van der Waals surface area (Å²) >= 11 is 0. The standard InChI is InChI=1S/C22H23N3O5/c1-4-30-22(26)12-15(2)24-21(16-8-10-19(29-3)11-9-16)14-20(23-24)17-6-5-7-18(13-17)25(27)28/h5-14,21,23H,4H2,1-3H3/b15-12-/t21-/m1/s1. The van der Waals surface area contributed by atoms with Gasteiger partial charge in [0.25, 0.3) is 5.69 Å². The minimum absolute atomic E-state index is 0.00781. The third kappa shape index (κ3) is 4.60. The second kappa shape index (κ2) is 9.13.